The molecule has 23 heavy (non-hydrogen) atoms. The largest absolute Gasteiger partial charge is 0.384 e. The van der Waals surface area contributed by atoms with Gasteiger partial charge >= 0.3 is 0 Å². The van der Waals surface area contributed by atoms with Gasteiger partial charge in [-0.05, 0) is 18.6 Å². The zero-order valence-corrected chi connectivity index (χ0v) is 14.2. The molecule has 1 aromatic heterocycles. The van der Waals surface area contributed by atoms with Crippen LogP contribution >= 0.6 is 0 Å². The minimum atomic E-state index is 0.175. The third-order valence-electron chi connectivity index (χ3n) is 4.53. The van der Waals surface area contributed by atoms with Crippen molar-refractivity contribution in [3.8, 4) is 0 Å². The Morgan fingerprint density at radius 2 is 2.17 bits per heavy atom. The number of nitrogens with zero attached hydrogens (tertiary/aromatic N) is 3. The Labute approximate surface area is 137 Å². The first-order valence-electron chi connectivity index (χ1n) is 8.32. The van der Waals surface area contributed by atoms with Gasteiger partial charge in [0.25, 0.3) is 0 Å². The zero-order chi connectivity index (χ0) is 16.4. The van der Waals surface area contributed by atoms with Crippen molar-refractivity contribution in [1.29, 1.82) is 0 Å². The molecule has 1 saturated heterocycles. The highest BCUT2D eigenvalue weighted by molar-refractivity contribution is 5.81. The second kappa shape index (κ2) is 6.71. The molecule has 0 bridgehead atoms. The van der Waals surface area contributed by atoms with Crippen molar-refractivity contribution in [2.45, 2.75) is 32.7 Å². The van der Waals surface area contributed by atoms with Crippen LogP contribution in [0.4, 0.5) is 0 Å². The maximum atomic E-state index is 12.7. The van der Waals surface area contributed by atoms with E-state index in [1.165, 1.54) is 0 Å². The van der Waals surface area contributed by atoms with Gasteiger partial charge in [-0.15, -0.1) is 0 Å². The number of aromatic nitrogens is 2. The van der Waals surface area contributed by atoms with Crippen LogP contribution in [0.3, 0.4) is 0 Å². The predicted octanol–water partition coefficient (Wildman–Crippen LogP) is 2.65. The Bertz CT molecular complexity index is 693. The van der Waals surface area contributed by atoms with Gasteiger partial charge in [0.05, 0.1) is 17.6 Å². The van der Waals surface area contributed by atoms with E-state index in [1.54, 1.807) is 7.11 Å². The quantitative estimate of drug-likeness (QED) is 0.852. The van der Waals surface area contributed by atoms with Crippen molar-refractivity contribution in [3.63, 3.8) is 0 Å². The minimum Gasteiger partial charge on any atom is -0.384 e. The summed E-state index contributed by atoms with van der Waals surface area (Å²) >= 11 is 0. The van der Waals surface area contributed by atoms with E-state index >= 15 is 0 Å². The first-order chi connectivity index (χ1) is 11.1. The Balaban J connectivity index is 1.81. The van der Waals surface area contributed by atoms with Crippen molar-refractivity contribution in [1.82, 2.24) is 14.5 Å². The molecule has 1 aliphatic heterocycles. The number of hydrogen-bond acceptors (Lipinski definition) is 3. The molecule has 2 heterocycles. The van der Waals surface area contributed by atoms with Crippen LogP contribution < -0.4 is 0 Å². The van der Waals surface area contributed by atoms with Crippen LogP contribution in [0, 0.1) is 5.92 Å². The summed E-state index contributed by atoms with van der Waals surface area (Å²) in [6.45, 7) is 6.97. The number of ether oxygens (including phenoxy) is 1. The smallest absolute Gasteiger partial charge is 0.242 e. The summed E-state index contributed by atoms with van der Waals surface area (Å²) in [6.07, 6.45) is 1.03. The SMILES string of the molecule is COCC1CCN(C(=O)Cn2c(C(C)C)nc3ccccc32)C1. The van der Waals surface area contributed by atoms with E-state index in [9.17, 15) is 4.79 Å². The molecule has 5 nitrogen and oxygen atoms in total. The molecule has 3 rings (SSSR count). The third-order valence-corrected chi connectivity index (χ3v) is 4.53. The zero-order valence-electron chi connectivity index (χ0n) is 14.2. The van der Waals surface area contributed by atoms with Gasteiger partial charge in [0.15, 0.2) is 0 Å². The van der Waals surface area contributed by atoms with Crippen LogP contribution in [0.2, 0.25) is 0 Å². The lowest BCUT2D eigenvalue weighted by Crippen LogP contribution is -2.32. The fourth-order valence-electron chi connectivity index (χ4n) is 3.37. The number of hydrogen-bond donors (Lipinski definition) is 0. The molecule has 0 N–H and O–H groups in total. The maximum Gasteiger partial charge on any atom is 0.242 e. The Hall–Kier alpha value is -1.88. The standard InChI is InChI=1S/C18H25N3O2/c1-13(2)18-19-15-6-4-5-7-16(15)21(18)11-17(22)20-9-8-14(10-20)12-23-3/h4-7,13-14H,8-12H2,1-3H3. The molecule has 1 atom stereocenters. The summed E-state index contributed by atoms with van der Waals surface area (Å²) < 4.78 is 7.29. The summed E-state index contributed by atoms with van der Waals surface area (Å²) in [5.74, 6) is 1.91. The predicted molar refractivity (Wildman–Crippen MR) is 90.4 cm³/mol. The van der Waals surface area contributed by atoms with Gasteiger partial charge in [0, 0.05) is 32.0 Å². The molecular weight excluding hydrogens is 290 g/mol. The third kappa shape index (κ3) is 3.24. The molecule has 0 saturated carbocycles. The lowest BCUT2D eigenvalue weighted by atomic mass is 10.1. The summed E-state index contributed by atoms with van der Waals surface area (Å²) in [7, 11) is 1.72. The number of para-hydroxylation sites is 2. The van der Waals surface area contributed by atoms with Crippen molar-refractivity contribution >= 4 is 16.9 Å². The molecule has 124 valence electrons. The number of amides is 1. The number of rotatable bonds is 5. The highest BCUT2D eigenvalue weighted by Crippen LogP contribution is 2.23. The van der Waals surface area contributed by atoms with E-state index in [0.29, 0.717) is 12.5 Å². The second-order valence-electron chi connectivity index (χ2n) is 6.65. The summed E-state index contributed by atoms with van der Waals surface area (Å²) in [5, 5.41) is 0. The van der Waals surface area contributed by atoms with Gasteiger partial charge in [0.2, 0.25) is 5.91 Å². The minimum absolute atomic E-state index is 0.175. The highest BCUT2D eigenvalue weighted by atomic mass is 16.5. The van der Waals surface area contributed by atoms with E-state index in [-0.39, 0.29) is 11.8 Å². The van der Waals surface area contributed by atoms with E-state index in [0.717, 1.165) is 43.0 Å². The number of benzene rings is 1. The molecule has 0 spiro atoms. The van der Waals surface area contributed by atoms with E-state index in [4.69, 9.17) is 9.72 Å². The fraction of sp³-hybridized carbons (Fsp3) is 0.556. The number of likely N-dealkylation sites (tertiary alicyclic amines) is 1. The lowest BCUT2D eigenvalue weighted by molar-refractivity contribution is -0.130. The van der Waals surface area contributed by atoms with Gasteiger partial charge < -0.3 is 14.2 Å². The second-order valence-corrected chi connectivity index (χ2v) is 6.65. The van der Waals surface area contributed by atoms with Crippen LogP contribution in [0.25, 0.3) is 11.0 Å². The number of carbonyl (C=O) groups excluding carboxylic acids is 1. The van der Waals surface area contributed by atoms with Crippen LogP contribution in [-0.2, 0) is 16.1 Å². The van der Waals surface area contributed by atoms with Crippen molar-refractivity contribution in [2.24, 2.45) is 5.92 Å². The van der Waals surface area contributed by atoms with Crippen LogP contribution in [0.5, 0.6) is 0 Å². The monoisotopic (exact) mass is 315 g/mol. The van der Waals surface area contributed by atoms with Crippen molar-refractivity contribution in [2.75, 3.05) is 26.8 Å². The van der Waals surface area contributed by atoms with E-state index in [2.05, 4.69) is 18.4 Å². The van der Waals surface area contributed by atoms with E-state index < -0.39 is 0 Å². The Morgan fingerprint density at radius 3 is 2.91 bits per heavy atom. The molecule has 0 radical (unpaired) electrons. The fourth-order valence-corrected chi connectivity index (χ4v) is 3.37. The molecular formula is C18H25N3O2. The van der Waals surface area contributed by atoms with Crippen molar-refractivity contribution < 1.29 is 9.53 Å². The van der Waals surface area contributed by atoms with Gasteiger partial charge in [-0.2, -0.15) is 0 Å². The first-order valence-corrected chi connectivity index (χ1v) is 8.32. The summed E-state index contributed by atoms with van der Waals surface area (Å²) in [5.41, 5.74) is 2.00. The average molecular weight is 315 g/mol. The average Bonchev–Trinajstić information content (AvgIpc) is 3.13. The summed E-state index contributed by atoms with van der Waals surface area (Å²) in [4.78, 5) is 19.4. The summed E-state index contributed by atoms with van der Waals surface area (Å²) in [6, 6.07) is 8.03. The molecule has 2 aromatic rings. The van der Waals surface area contributed by atoms with Gasteiger partial charge in [-0.3, -0.25) is 4.79 Å². The van der Waals surface area contributed by atoms with Gasteiger partial charge in [-0.1, -0.05) is 26.0 Å². The molecule has 1 aliphatic rings. The molecule has 1 fully saturated rings. The molecule has 1 unspecified atom stereocenters. The van der Waals surface area contributed by atoms with Crippen molar-refractivity contribution in [3.05, 3.63) is 30.1 Å². The molecule has 0 aliphatic carbocycles. The number of methoxy groups -OCH3 is 1. The van der Waals surface area contributed by atoms with Crippen LogP contribution in [0.15, 0.2) is 24.3 Å². The Morgan fingerprint density at radius 1 is 1.39 bits per heavy atom. The molecule has 1 aromatic carbocycles. The molecule has 1 amide bonds. The topological polar surface area (TPSA) is 47.4 Å². The number of fused-ring (bicyclic) bond motifs is 1. The Kier molecular flexibility index (Phi) is 4.66. The first kappa shape index (κ1) is 16.0. The highest BCUT2D eigenvalue weighted by Gasteiger charge is 2.27. The molecule has 5 heteroatoms. The van der Waals surface area contributed by atoms with Crippen LogP contribution in [0.1, 0.15) is 32.0 Å². The maximum absolute atomic E-state index is 12.7. The van der Waals surface area contributed by atoms with Gasteiger partial charge in [-0.25, -0.2) is 4.98 Å². The van der Waals surface area contributed by atoms with E-state index in [1.807, 2.05) is 29.2 Å². The lowest BCUT2D eigenvalue weighted by Gasteiger charge is -2.18. The van der Waals surface area contributed by atoms with Gasteiger partial charge in [0.1, 0.15) is 12.4 Å². The number of imidazole rings is 1. The van der Waals surface area contributed by atoms with Crippen LogP contribution in [-0.4, -0.2) is 47.2 Å². The normalized spacial score (nSPS) is 18.3. The number of carbonyl (C=O) groups is 1.